The molecule has 2 rings (SSSR count). The summed E-state index contributed by atoms with van der Waals surface area (Å²) in [7, 11) is 0. The lowest BCUT2D eigenvalue weighted by Crippen LogP contribution is -2.34. The van der Waals surface area contributed by atoms with Gasteiger partial charge in [-0.1, -0.05) is 26.0 Å². The second-order valence-corrected chi connectivity index (χ2v) is 10.4. The van der Waals surface area contributed by atoms with Gasteiger partial charge in [0.25, 0.3) is 5.91 Å². The molecule has 7 N–H and O–H groups in total. The monoisotopic (exact) mass is 536 g/mol. The summed E-state index contributed by atoms with van der Waals surface area (Å²) in [6, 6.07) is 2.56. The fourth-order valence-electron chi connectivity index (χ4n) is 5.08. The number of benzene rings is 1. The van der Waals surface area contributed by atoms with Gasteiger partial charge in [-0.2, -0.15) is 0 Å². The number of primary amides is 1. The molecule has 1 heterocycles. The van der Waals surface area contributed by atoms with E-state index in [2.05, 4.69) is 5.32 Å². The number of amides is 2. The van der Waals surface area contributed by atoms with E-state index in [0.717, 1.165) is 6.07 Å². The van der Waals surface area contributed by atoms with E-state index in [0.29, 0.717) is 36.0 Å². The van der Waals surface area contributed by atoms with Crippen LogP contribution in [-0.4, -0.2) is 57.8 Å². The van der Waals surface area contributed by atoms with Crippen LogP contribution in [-0.2, 0) is 16.0 Å². The predicted octanol–water partition coefficient (Wildman–Crippen LogP) is 3.40. The number of phenolic OH excluding ortho intramolecular Hbond substituents is 1. The number of nitrogens with one attached hydrogen (secondary N) is 1. The fraction of sp³-hybridized carbons (Fsp3) is 0.571. The number of aliphatic hydroxyl groups excluding tert-OH is 3. The van der Waals surface area contributed by atoms with E-state index < -0.39 is 53.5 Å². The van der Waals surface area contributed by atoms with Gasteiger partial charge in [-0.25, -0.2) is 9.18 Å². The van der Waals surface area contributed by atoms with Gasteiger partial charge in [0.1, 0.15) is 6.10 Å². The molecule has 0 spiro atoms. The van der Waals surface area contributed by atoms with Crippen molar-refractivity contribution in [3.8, 4) is 5.75 Å². The summed E-state index contributed by atoms with van der Waals surface area (Å²) < 4.78 is 19.8. The quantitative estimate of drug-likeness (QED) is 0.255. The van der Waals surface area contributed by atoms with Crippen LogP contribution in [0, 0.1) is 29.5 Å². The third-order valence-electron chi connectivity index (χ3n) is 7.16. The van der Waals surface area contributed by atoms with Gasteiger partial charge in [0.05, 0.1) is 6.10 Å². The molecule has 0 saturated carbocycles. The molecule has 2 bridgehead atoms. The highest BCUT2D eigenvalue weighted by atomic mass is 19.1. The van der Waals surface area contributed by atoms with Crippen LogP contribution in [0.2, 0.25) is 0 Å². The molecule has 9 nitrogen and oxygen atoms in total. The standard InChI is InChI=1S/C28H41FN2O7/c1-15-8-20-11-22(12-23(29)25(20)35)31-27(36)16(2)6-5-7-19(13-32)26(38-28(30)37)18(4)10-17(3)24(34)21(9-15)14-33/h6,10-12,15,17,19,21,24,26,32-35H,5,7-9,13-14H2,1-4H3,(H2,30,37)(H,31,36)/b16-6+,18-10+/t15-,17+,19-,21-,24-,26+/m1/s1. The smallest absolute Gasteiger partial charge is 0.405 e. The van der Waals surface area contributed by atoms with E-state index >= 15 is 0 Å². The lowest BCUT2D eigenvalue weighted by molar-refractivity contribution is -0.112. The number of aliphatic hydroxyl groups is 3. The fourth-order valence-corrected chi connectivity index (χ4v) is 5.08. The number of fused-ring (bicyclic) bond motifs is 2. The topological polar surface area (TPSA) is 162 Å². The third kappa shape index (κ3) is 8.54. The van der Waals surface area contributed by atoms with Crippen LogP contribution in [0.15, 0.2) is 35.4 Å². The Morgan fingerprint density at radius 1 is 1.18 bits per heavy atom. The average molecular weight is 537 g/mol. The first kappa shape index (κ1) is 31.3. The molecule has 38 heavy (non-hydrogen) atoms. The first-order valence-electron chi connectivity index (χ1n) is 12.9. The number of aromatic hydroxyl groups is 1. The molecule has 0 unspecified atom stereocenters. The molecule has 10 heteroatoms. The molecule has 2 amide bonds. The van der Waals surface area contributed by atoms with Gasteiger partial charge in [0.2, 0.25) is 0 Å². The van der Waals surface area contributed by atoms with E-state index in [1.807, 2.05) is 6.92 Å². The molecule has 1 aliphatic rings. The number of phenols is 1. The highest BCUT2D eigenvalue weighted by molar-refractivity contribution is 6.03. The molecule has 212 valence electrons. The van der Waals surface area contributed by atoms with Gasteiger partial charge in [0.15, 0.2) is 11.6 Å². The lowest BCUT2D eigenvalue weighted by Gasteiger charge is -2.30. The first-order valence-corrected chi connectivity index (χ1v) is 12.9. The van der Waals surface area contributed by atoms with E-state index in [4.69, 9.17) is 10.5 Å². The minimum absolute atomic E-state index is 0.163. The summed E-state index contributed by atoms with van der Waals surface area (Å²) in [4.78, 5) is 24.4. The third-order valence-corrected chi connectivity index (χ3v) is 7.16. The van der Waals surface area contributed by atoms with Crippen molar-refractivity contribution in [2.45, 2.75) is 65.6 Å². The van der Waals surface area contributed by atoms with Gasteiger partial charge < -0.3 is 36.2 Å². The highest BCUT2D eigenvalue weighted by Crippen LogP contribution is 2.32. The Morgan fingerprint density at radius 2 is 1.84 bits per heavy atom. The molecule has 0 radical (unpaired) electrons. The Hall–Kier alpha value is -2.95. The Labute approximate surface area is 223 Å². The minimum atomic E-state index is -1.00. The van der Waals surface area contributed by atoms with E-state index in [9.17, 15) is 34.4 Å². The highest BCUT2D eigenvalue weighted by Gasteiger charge is 2.29. The number of nitrogens with two attached hydrogens (primary N) is 1. The van der Waals surface area contributed by atoms with Crippen molar-refractivity contribution in [3.63, 3.8) is 0 Å². The largest absolute Gasteiger partial charge is 0.505 e. The zero-order valence-corrected chi connectivity index (χ0v) is 22.5. The number of ether oxygens (including phenoxy) is 1. The number of rotatable bonds is 3. The number of hydrogen-bond acceptors (Lipinski definition) is 7. The van der Waals surface area contributed by atoms with Crippen LogP contribution in [0.3, 0.4) is 0 Å². The van der Waals surface area contributed by atoms with Crippen molar-refractivity contribution in [2.75, 3.05) is 18.5 Å². The SMILES string of the molecule is C/C1=C\CC[C@H](CO)[C@@H](OC(N)=O)/C(C)=C/[C@H](C)[C@@H](O)[C@@H](CO)C[C@H](C)Cc2cc(cc(F)c2O)NC1=O. The summed E-state index contributed by atoms with van der Waals surface area (Å²) in [5.41, 5.74) is 6.75. The van der Waals surface area contributed by atoms with Crippen molar-refractivity contribution in [1.29, 1.82) is 0 Å². The van der Waals surface area contributed by atoms with E-state index in [1.165, 1.54) is 6.07 Å². The van der Waals surface area contributed by atoms with Gasteiger partial charge in [-0.05, 0) is 62.7 Å². The van der Waals surface area contributed by atoms with Crippen molar-refractivity contribution in [2.24, 2.45) is 29.4 Å². The van der Waals surface area contributed by atoms with Crippen molar-refractivity contribution >= 4 is 17.7 Å². The molecule has 1 aliphatic heterocycles. The lowest BCUT2D eigenvalue weighted by atomic mass is 9.82. The Balaban J connectivity index is 2.51. The molecule has 0 saturated heterocycles. The number of anilines is 1. The Bertz CT molecular complexity index is 1040. The zero-order chi connectivity index (χ0) is 28.6. The summed E-state index contributed by atoms with van der Waals surface area (Å²) in [6.07, 6.45) is 1.95. The Kier molecular flexibility index (Phi) is 11.7. The van der Waals surface area contributed by atoms with Gasteiger partial charge in [-0.3, -0.25) is 4.79 Å². The van der Waals surface area contributed by atoms with E-state index in [1.54, 1.807) is 32.9 Å². The van der Waals surface area contributed by atoms with Gasteiger partial charge in [0, 0.05) is 48.3 Å². The summed E-state index contributed by atoms with van der Waals surface area (Å²) in [5, 5.41) is 44.1. The molecule has 0 aliphatic carbocycles. The normalized spacial score (nSPS) is 30.9. The molecular formula is C28H41FN2O7. The van der Waals surface area contributed by atoms with Crippen molar-refractivity contribution in [3.05, 3.63) is 46.8 Å². The molecule has 0 fully saturated rings. The van der Waals surface area contributed by atoms with Crippen molar-refractivity contribution < 1.29 is 39.1 Å². The van der Waals surface area contributed by atoms with Crippen LogP contribution in [0.25, 0.3) is 0 Å². The summed E-state index contributed by atoms with van der Waals surface area (Å²) in [6.45, 7) is 6.34. The average Bonchev–Trinajstić information content (AvgIpc) is 2.85. The van der Waals surface area contributed by atoms with Gasteiger partial charge in [-0.15, -0.1) is 0 Å². The molecule has 0 aromatic heterocycles. The van der Waals surface area contributed by atoms with Crippen LogP contribution in [0.5, 0.6) is 5.75 Å². The Morgan fingerprint density at radius 3 is 2.45 bits per heavy atom. The number of carbonyl (C=O) groups excluding carboxylic acids is 2. The molecule has 1 aromatic rings. The van der Waals surface area contributed by atoms with Crippen LogP contribution in [0.4, 0.5) is 14.9 Å². The maximum absolute atomic E-state index is 14.5. The van der Waals surface area contributed by atoms with Crippen molar-refractivity contribution in [1.82, 2.24) is 0 Å². The van der Waals surface area contributed by atoms with Crippen LogP contribution < -0.4 is 11.1 Å². The summed E-state index contributed by atoms with van der Waals surface area (Å²) >= 11 is 0. The second kappa shape index (κ2) is 14.3. The minimum Gasteiger partial charge on any atom is -0.505 e. The van der Waals surface area contributed by atoms with E-state index in [-0.39, 0.29) is 31.2 Å². The number of allylic oxidation sites excluding steroid dienone is 1. The summed E-state index contributed by atoms with van der Waals surface area (Å²) in [5.74, 6) is -3.49. The number of halogens is 1. The molecular weight excluding hydrogens is 495 g/mol. The van der Waals surface area contributed by atoms with Gasteiger partial charge >= 0.3 is 6.09 Å². The zero-order valence-electron chi connectivity index (χ0n) is 22.5. The van der Waals surface area contributed by atoms with Crippen LogP contribution in [0.1, 0.15) is 52.5 Å². The first-order chi connectivity index (χ1) is 17.9. The van der Waals surface area contributed by atoms with Crippen LogP contribution >= 0.6 is 0 Å². The predicted molar refractivity (Wildman–Crippen MR) is 142 cm³/mol. The maximum atomic E-state index is 14.5. The second-order valence-electron chi connectivity index (χ2n) is 10.4. The molecule has 6 atom stereocenters. The maximum Gasteiger partial charge on any atom is 0.405 e. The molecule has 1 aromatic carbocycles. The number of hydrogen-bond donors (Lipinski definition) is 6. The number of carbonyl (C=O) groups is 2.